The topological polar surface area (TPSA) is 35.2 Å². The van der Waals surface area contributed by atoms with Crippen LogP contribution in [0.5, 0.6) is 5.75 Å². The van der Waals surface area contributed by atoms with Crippen molar-refractivity contribution < 1.29 is 4.74 Å². The Labute approximate surface area is 129 Å². The minimum atomic E-state index is -0.139. The van der Waals surface area contributed by atoms with E-state index in [0.717, 1.165) is 21.3 Å². The number of hydrogen-bond donors (Lipinski definition) is 1. The van der Waals surface area contributed by atoms with Crippen LogP contribution < -0.4 is 10.5 Å². The van der Waals surface area contributed by atoms with Crippen molar-refractivity contribution in [3.63, 3.8) is 0 Å². The van der Waals surface area contributed by atoms with Crippen molar-refractivity contribution >= 4 is 15.9 Å². The van der Waals surface area contributed by atoms with Gasteiger partial charge < -0.3 is 10.5 Å². The first kappa shape index (κ1) is 15.1. The third-order valence-corrected chi connectivity index (χ3v) is 4.19. The lowest BCUT2D eigenvalue weighted by Crippen LogP contribution is -2.13. The molecule has 0 aliphatic heterocycles. The van der Waals surface area contributed by atoms with Crippen LogP contribution in [0.1, 0.15) is 35.2 Å². The van der Waals surface area contributed by atoms with Gasteiger partial charge in [-0.2, -0.15) is 0 Å². The molecule has 0 saturated heterocycles. The fraction of sp³-hybridized carbons (Fsp3) is 0.294. The first-order chi connectivity index (χ1) is 9.52. The van der Waals surface area contributed by atoms with E-state index in [4.69, 9.17) is 10.5 Å². The van der Waals surface area contributed by atoms with E-state index in [1.165, 1.54) is 11.1 Å². The van der Waals surface area contributed by atoms with E-state index in [0.29, 0.717) is 6.61 Å². The standard InChI is InChI=1S/C17H20BrNO/c1-4-20-14-7-8-15(16(18)10-14)17(19)13-6-5-11(2)12(3)9-13/h5-10,17H,4,19H2,1-3H3. The molecule has 0 radical (unpaired) electrons. The van der Waals surface area contributed by atoms with Gasteiger partial charge in [-0.3, -0.25) is 0 Å². The summed E-state index contributed by atoms with van der Waals surface area (Å²) in [5.41, 5.74) is 11.1. The van der Waals surface area contributed by atoms with Gasteiger partial charge in [-0.05, 0) is 55.2 Å². The van der Waals surface area contributed by atoms with Gasteiger partial charge in [0.1, 0.15) is 5.75 Å². The summed E-state index contributed by atoms with van der Waals surface area (Å²) in [6, 6.07) is 12.2. The number of hydrogen-bond acceptors (Lipinski definition) is 2. The van der Waals surface area contributed by atoms with E-state index in [-0.39, 0.29) is 6.04 Å². The normalized spacial score (nSPS) is 12.2. The Morgan fingerprint density at radius 3 is 2.45 bits per heavy atom. The van der Waals surface area contributed by atoms with Crippen LogP contribution in [0.25, 0.3) is 0 Å². The number of nitrogens with two attached hydrogens (primary N) is 1. The molecule has 0 aromatic heterocycles. The molecule has 2 rings (SSSR count). The Hall–Kier alpha value is -1.32. The summed E-state index contributed by atoms with van der Waals surface area (Å²) in [6.07, 6.45) is 0. The molecule has 1 atom stereocenters. The molecule has 2 aromatic rings. The average Bonchev–Trinajstić information content (AvgIpc) is 2.42. The summed E-state index contributed by atoms with van der Waals surface area (Å²) in [7, 11) is 0. The number of aryl methyl sites for hydroxylation is 2. The van der Waals surface area contributed by atoms with Gasteiger partial charge in [-0.1, -0.05) is 40.2 Å². The van der Waals surface area contributed by atoms with Crippen molar-refractivity contribution in [1.29, 1.82) is 0 Å². The summed E-state index contributed by atoms with van der Waals surface area (Å²) in [6.45, 7) is 6.86. The smallest absolute Gasteiger partial charge is 0.120 e. The number of rotatable bonds is 4. The minimum absolute atomic E-state index is 0.139. The van der Waals surface area contributed by atoms with E-state index in [9.17, 15) is 0 Å². The van der Waals surface area contributed by atoms with Gasteiger partial charge in [0.05, 0.1) is 12.6 Å². The Kier molecular flexibility index (Phi) is 4.84. The molecule has 2 nitrogen and oxygen atoms in total. The highest BCUT2D eigenvalue weighted by Crippen LogP contribution is 2.30. The molecule has 0 heterocycles. The maximum absolute atomic E-state index is 6.39. The zero-order valence-corrected chi connectivity index (χ0v) is 13.7. The molecule has 2 N–H and O–H groups in total. The molecule has 0 spiro atoms. The van der Waals surface area contributed by atoms with Crippen LogP contribution in [-0.4, -0.2) is 6.61 Å². The number of halogens is 1. The molecule has 0 aliphatic carbocycles. The zero-order chi connectivity index (χ0) is 14.7. The molecule has 0 bridgehead atoms. The molecule has 0 saturated carbocycles. The van der Waals surface area contributed by atoms with E-state index < -0.39 is 0 Å². The highest BCUT2D eigenvalue weighted by molar-refractivity contribution is 9.10. The molecule has 20 heavy (non-hydrogen) atoms. The quantitative estimate of drug-likeness (QED) is 0.893. The molecule has 1 unspecified atom stereocenters. The average molecular weight is 334 g/mol. The van der Waals surface area contributed by atoms with Gasteiger partial charge in [0.2, 0.25) is 0 Å². The lowest BCUT2D eigenvalue weighted by molar-refractivity contribution is 0.340. The summed E-state index contributed by atoms with van der Waals surface area (Å²) in [5.74, 6) is 0.857. The Balaban J connectivity index is 2.32. The maximum atomic E-state index is 6.39. The van der Waals surface area contributed by atoms with Crippen LogP contribution in [0.15, 0.2) is 40.9 Å². The van der Waals surface area contributed by atoms with Crippen LogP contribution >= 0.6 is 15.9 Å². The first-order valence-corrected chi connectivity index (χ1v) is 7.57. The van der Waals surface area contributed by atoms with E-state index >= 15 is 0 Å². The summed E-state index contributed by atoms with van der Waals surface area (Å²) in [5, 5.41) is 0. The molecule has 3 heteroatoms. The van der Waals surface area contributed by atoms with Gasteiger partial charge in [0.25, 0.3) is 0 Å². The van der Waals surface area contributed by atoms with Gasteiger partial charge in [-0.15, -0.1) is 0 Å². The third-order valence-electron chi connectivity index (χ3n) is 3.51. The van der Waals surface area contributed by atoms with Crippen molar-refractivity contribution in [3.05, 3.63) is 63.1 Å². The Morgan fingerprint density at radius 2 is 1.85 bits per heavy atom. The molecule has 0 fully saturated rings. The van der Waals surface area contributed by atoms with Crippen LogP contribution in [0.2, 0.25) is 0 Å². The number of benzene rings is 2. The Morgan fingerprint density at radius 1 is 1.10 bits per heavy atom. The van der Waals surface area contributed by atoms with Crippen LogP contribution in [0.4, 0.5) is 0 Å². The van der Waals surface area contributed by atoms with E-state index in [1.807, 2.05) is 25.1 Å². The van der Waals surface area contributed by atoms with Crippen LogP contribution in [0.3, 0.4) is 0 Å². The van der Waals surface area contributed by atoms with Gasteiger partial charge >= 0.3 is 0 Å². The summed E-state index contributed by atoms with van der Waals surface area (Å²) >= 11 is 3.59. The molecule has 0 aliphatic rings. The lowest BCUT2D eigenvalue weighted by Gasteiger charge is -2.16. The molecule has 2 aromatic carbocycles. The second-order valence-corrected chi connectivity index (χ2v) is 5.79. The van der Waals surface area contributed by atoms with E-state index in [2.05, 4.69) is 48.0 Å². The van der Waals surface area contributed by atoms with Gasteiger partial charge in [-0.25, -0.2) is 0 Å². The van der Waals surface area contributed by atoms with Crippen LogP contribution in [-0.2, 0) is 0 Å². The van der Waals surface area contributed by atoms with E-state index in [1.54, 1.807) is 0 Å². The minimum Gasteiger partial charge on any atom is -0.494 e. The summed E-state index contributed by atoms with van der Waals surface area (Å²) < 4.78 is 6.47. The predicted octanol–water partition coefficient (Wildman–Crippen LogP) is 4.51. The molecule has 106 valence electrons. The Bertz CT molecular complexity index is 610. The second-order valence-electron chi connectivity index (χ2n) is 4.94. The van der Waals surface area contributed by atoms with Crippen molar-refractivity contribution in [3.8, 4) is 5.75 Å². The van der Waals surface area contributed by atoms with Crippen molar-refractivity contribution in [2.75, 3.05) is 6.61 Å². The fourth-order valence-corrected chi connectivity index (χ4v) is 2.76. The monoisotopic (exact) mass is 333 g/mol. The highest BCUT2D eigenvalue weighted by atomic mass is 79.9. The largest absolute Gasteiger partial charge is 0.494 e. The van der Waals surface area contributed by atoms with Crippen molar-refractivity contribution in [1.82, 2.24) is 0 Å². The SMILES string of the molecule is CCOc1ccc(C(N)c2ccc(C)c(C)c2)c(Br)c1. The van der Waals surface area contributed by atoms with Crippen molar-refractivity contribution in [2.24, 2.45) is 5.73 Å². The first-order valence-electron chi connectivity index (χ1n) is 6.78. The lowest BCUT2D eigenvalue weighted by atomic mass is 9.96. The zero-order valence-electron chi connectivity index (χ0n) is 12.1. The maximum Gasteiger partial charge on any atom is 0.120 e. The highest BCUT2D eigenvalue weighted by Gasteiger charge is 2.13. The number of ether oxygens (including phenoxy) is 1. The van der Waals surface area contributed by atoms with Gasteiger partial charge in [0, 0.05) is 4.47 Å². The molecular formula is C17H20BrNO. The third kappa shape index (κ3) is 3.22. The van der Waals surface area contributed by atoms with Crippen LogP contribution in [0, 0.1) is 13.8 Å². The fourth-order valence-electron chi connectivity index (χ4n) is 2.15. The molecule has 0 amide bonds. The summed E-state index contributed by atoms with van der Waals surface area (Å²) in [4.78, 5) is 0. The predicted molar refractivity (Wildman–Crippen MR) is 87.3 cm³/mol. The second kappa shape index (κ2) is 6.42. The van der Waals surface area contributed by atoms with Crippen molar-refractivity contribution in [2.45, 2.75) is 26.8 Å². The van der Waals surface area contributed by atoms with Gasteiger partial charge in [0.15, 0.2) is 0 Å². The molecular weight excluding hydrogens is 314 g/mol.